The van der Waals surface area contributed by atoms with Crippen molar-refractivity contribution in [3.63, 3.8) is 0 Å². The molecule has 0 saturated carbocycles. The molecule has 1 aliphatic rings. The number of carbonyl (C=O) groups is 2. The topological polar surface area (TPSA) is 94.2 Å². The molecule has 2 heterocycles. The zero-order valence-corrected chi connectivity index (χ0v) is 16.8. The van der Waals surface area contributed by atoms with Crippen LogP contribution in [0, 0.1) is 0 Å². The number of urea groups is 1. The molecule has 8 nitrogen and oxygen atoms in total. The molecule has 0 bridgehead atoms. The SMILES string of the molecule is CCOC(=O)C1=C(C[NH+](C)Cc2cccc(OC)c2)NC(=O)N[C@@H]1c1ccco1. The van der Waals surface area contributed by atoms with E-state index in [1.165, 1.54) is 6.26 Å². The minimum Gasteiger partial charge on any atom is -0.497 e. The number of methoxy groups -OCH3 is 1. The number of nitrogens with one attached hydrogen (secondary N) is 3. The zero-order chi connectivity index (χ0) is 20.8. The van der Waals surface area contributed by atoms with E-state index in [4.69, 9.17) is 13.9 Å². The first-order valence-corrected chi connectivity index (χ1v) is 9.47. The Labute approximate surface area is 169 Å². The first-order chi connectivity index (χ1) is 14.0. The summed E-state index contributed by atoms with van der Waals surface area (Å²) >= 11 is 0. The molecule has 8 heteroatoms. The van der Waals surface area contributed by atoms with Gasteiger partial charge >= 0.3 is 12.0 Å². The molecular weight excluding hydrogens is 374 g/mol. The normalized spacial score (nSPS) is 17.3. The molecule has 0 spiro atoms. The predicted octanol–water partition coefficient (Wildman–Crippen LogP) is 1.17. The van der Waals surface area contributed by atoms with Crippen molar-refractivity contribution in [2.45, 2.75) is 19.5 Å². The third kappa shape index (κ3) is 4.97. The molecule has 1 aliphatic heterocycles. The molecule has 3 rings (SSSR count). The van der Waals surface area contributed by atoms with E-state index < -0.39 is 12.0 Å². The van der Waals surface area contributed by atoms with Crippen LogP contribution in [0.1, 0.15) is 24.3 Å². The molecule has 0 saturated heterocycles. The number of quaternary nitrogens is 1. The van der Waals surface area contributed by atoms with Crippen molar-refractivity contribution < 1.29 is 28.4 Å². The average Bonchev–Trinajstić information content (AvgIpc) is 3.22. The molecular formula is C21H26N3O5+. The van der Waals surface area contributed by atoms with E-state index in [9.17, 15) is 9.59 Å². The number of carbonyl (C=O) groups excluding carboxylic acids is 2. The van der Waals surface area contributed by atoms with Crippen LogP contribution in [0.25, 0.3) is 0 Å². The molecule has 2 atom stereocenters. The Morgan fingerprint density at radius 3 is 2.76 bits per heavy atom. The van der Waals surface area contributed by atoms with Gasteiger partial charge in [0.15, 0.2) is 0 Å². The lowest BCUT2D eigenvalue weighted by Crippen LogP contribution is -3.08. The maximum Gasteiger partial charge on any atom is 0.338 e. The molecule has 0 fully saturated rings. The molecule has 2 aromatic rings. The largest absolute Gasteiger partial charge is 0.497 e. The lowest BCUT2D eigenvalue weighted by molar-refractivity contribution is -0.889. The van der Waals surface area contributed by atoms with Crippen molar-refractivity contribution in [3.05, 3.63) is 65.3 Å². The Morgan fingerprint density at radius 2 is 2.07 bits per heavy atom. The van der Waals surface area contributed by atoms with Crippen LogP contribution in [0.4, 0.5) is 4.79 Å². The van der Waals surface area contributed by atoms with Crippen LogP contribution in [-0.4, -0.2) is 39.3 Å². The van der Waals surface area contributed by atoms with E-state index in [0.717, 1.165) is 16.2 Å². The van der Waals surface area contributed by atoms with Gasteiger partial charge in [0.1, 0.15) is 30.6 Å². The quantitative estimate of drug-likeness (QED) is 0.579. The van der Waals surface area contributed by atoms with Gasteiger partial charge in [-0.25, -0.2) is 9.59 Å². The second-order valence-corrected chi connectivity index (χ2v) is 6.82. The van der Waals surface area contributed by atoms with Gasteiger partial charge in [-0.15, -0.1) is 0 Å². The number of amides is 2. The fourth-order valence-corrected chi connectivity index (χ4v) is 3.37. The van der Waals surface area contributed by atoms with E-state index in [-0.39, 0.29) is 12.6 Å². The van der Waals surface area contributed by atoms with E-state index in [2.05, 4.69) is 10.6 Å². The Morgan fingerprint density at radius 1 is 1.24 bits per heavy atom. The summed E-state index contributed by atoms with van der Waals surface area (Å²) in [4.78, 5) is 26.0. The average molecular weight is 400 g/mol. The minimum atomic E-state index is -0.697. The van der Waals surface area contributed by atoms with Crippen molar-refractivity contribution >= 4 is 12.0 Å². The van der Waals surface area contributed by atoms with Crippen LogP contribution in [0.5, 0.6) is 5.75 Å². The Kier molecular flexibility index (Phi) is 6.56. The molecule has 1 aromatic heterocycles. The van der Waals surface area contributed by atoms with Gasteiger partial charge in [0, 0.05) is 5.56 Å². The number of esters is 1. The van der Waals surface area contributed by atoms with Crippen LogP contribution in [0.15, 0.2) is 58.3 Å². The summed E-state index contributed by atoms with van der Waals surface area (Å²) in [5, 5.41) is 5.53. The summed E-state index contributed by atoms with van der Waals surface area (Å²) in [6, 6.07) is 10.2. The summed E-state index contributed by atoms with van der Waals surface area (Å²) in [6.45, 7) is 3.09. The first-order valence-electron chi connectivity index (χ1n) is 9.47. The lowest BCUT2D eigenvalue weighted by Gasteiger charge is -2.28. The maximum atomic E-state index is 12.7. The van der Waals surface area contributed by atoms with Crippen molar-refractivity contribution in [1.82, 2.24) is 10.6 Å². The molecule has 2 amide bonds. The Balaban J connectivity index is 1.87. The molecule has 1 unspecified atom stereocenters. The summed E-state index contributed by atoms with van der Waals surface area (Å²) in [5.74, 6) is 0.784. The number of hydrogen-bond donors (Lipinski definition) is 3. The van der Waals surface area contributed by atoms with Crippen LogP contribution in [0.3, 0.4) is 0 Å². The first kappa shape index (κ1) is 20.5. The predicted molar refractivity (Wildman–Crippen MR) is 105 cm³/mol. The summed E-state index contributed by atoms with van der Waals surface area (Å²) in [6.07, 6.45) is 1.51. The highest BCUT2D eigenvalue weighted by atomic mass is 16.5. The van der Waals surface area contributed by atoms with Gasteiger partial charge in [-0.05, 0) is 31.2 Å². The fraction of sp³-hybridized carbons (Fsp3) is 0.333. The molecule has 29 heavy (non-hydrogen) atoms. The van der Waals surface area contributed by atoms with Gasteiger partial charge in [-0.2, -0.15) is 0 Å². The van der Waals surface area contributed by atoms with Crippen LogP contribution >= 0.6 is 0 Å². The van der Waals surface area contributed by atoms with Gasteiger partial charge in [0.25, 0.3) is 0 Å². The van der Waals surface area contributed by atoms with Gasteiger partial charge < -0.3 is 29.4 Å². The van der Waals surface area contributed by atoms with Crippen molar-refractivity contribution in [3.8, 4) is 5.75 Å². The van der Waals surface area contributed by atoms with E-state index in [0.29, 0.717) is 30.1 Å². The maximum absolute atomic E-state index is 12.7. The second-order valence-electron chi connectivity index (χ2n) is 6.82. The standard InChI is InChI=1S/C21H25N3O5/c1-4-28-20(25)18-16(22-21(26)23-19(18)17-9-6-10-29-17)13-24(2)12-14-7-5-8-15(11-14)27-3/h5-11,19H,4,12-13H2,1-3H3,(H2,22,23,26)/p+1/t19-/m1/s1. The number of likely N-dealkylation sites (N-methyl/N-ethyl adjacent to an activating group) is 1. The third-order valence-electron chi connectivity index (χ3n) is 4.60. The van der Waals surface area contributed by atoms with Gasteiger partial charge in [0.2, 0.25) is 0 Å². The number of furan rings is 1. The number of hydrogen-bond acceptors (Lipinski definition) is 5. The third-order valence-corrected chi connectivity index (χ3v) is 4.60. The van der Waals surface area contributed by atoms with Crippen LogP contribution in [-0.2, 0) is 16.1 Å². The summed E-state index contributed by atoms with van der Waals surface area (Å²) in [7, 11) is 3.62. The number of benzene rings is 1. The monoisotopic (exact) mass is 400 g/mol. The minimum absolute atomic E-state index is 0.237. The van der Waals surface area contributed by atoms with E-state index in [1.54, 1.807) is 26.2 Å². The van der Waals surface area contributed by atoms with Gasteiger partial charge in [-0.1, -0.05) is 12.1 Å². The van der Waals surface area contributed by atoms with Crippen molar-refractivity contribution in [2.75, 3.05) is 27.3 Å². The van der Waals surface area contributed by atoms with E-state index >= 15 is 0 Å². The van der Waals surface area contributed by atoms with Crippen molar-refractivity contribution in [1.29, 1.82) is 0 Å². The molecule has 0 aliphatic carbocycles. The zero-order valence-electron chi connectivity index (χ0n) is 16.8. The smallest absolute Gasteiger partial charge is 0.338 e. The Hall–Kier alpha value is -3.26. The van der Waals surface area contributed by atoms with E-state index in [1.807, 2.05) is 31.3 Å². The Bertz CT molecular complexity index is 891. The molecule has 0 radical (unpaired) electrons. The highest BCUT2D eigenvalue weighted by molar-refractivity contribution is 5.95. The molecule has 3 N–H and O–H groups in total. The second kappa shape index (κ2) is 9.29. The van der Waals surface area contributed by atoms with Crippen LogP contribution < -0.4 is 20.3 Å². The molecule has 1 aromatic carbocycles. The van der Waals surface area contributed by atoms with Gasteiger partial charge in [-0.3, -0.25) is 0 Å². The summed E-state index contributed by atoms with van der Waals surface area (Å²) < 4.78 is 16.0. The highest BCUT2D eigenvalue weighted by Crippen LogP contribution is 2.27. The molecule has 154 valence electrons. The highest BCUT2D eigenvalue weighted by Gasteiger charge is 2.36. The van der Waals surface area contributed by atoms with Gasteiger partial charge in [0.05, 0.1) is 38.3 Å². The number of rotatable bonds is 8. The van der Waals surface area contributed by atoms with Crippen molar-refractivity contribution in [2.24, 2.45) is 0 Å². The summed E-state index contributed by atoms with van der Waals surface area (Å²) in [5.41, 5.74) is 1.96. The fourth-order valence-electron chi connectivity index (χ4n) is 3.37. The lowest BCUT2D eigenvalue weighted by atomic mass is 10.00. The number of ether oxygens (including phenoxy) is 2. The van der Waals surface area contributed by atoms with Crippen LogP contribution in [0.2, 0.25) is 0 Å².